The maximum Gasteiger partial charge on any atom is 0.226 e. The molecule has 1 unspecified atom stereocenters. The van der Waals surface area contributed by atoms with Crippen LogP contribution in [0.25, 0.3) is 5.69 Å². The number of aromatic nitrogens is 1. The topological polar surface area (TPSA) is 42.2 Å². The zero-order valence-electron chi connectivity index (χ0n) is 13.9. The second kappa shape index (κ2) is 6.75. The molecule has 122 valence electrons. The quantitative estimate of drug-likeness (QED) is 0.783. The maximum atomic E-state index is 12.3. The molecule has 3 heteroatoms. The smallest absolute Gasteiger partial charge is 0.226 e. The van der Waals surface area contributed by atoms with Crippen LogP contribution in [0.2, 0.25) is 0 Å². The number of hydrogen-bond acceptors (Lipinski definition) is 2. The van der Waals surface area contributed by atoms with E-state index in [9.17, 15) is 9.90 Å². The van der Waals surface area contributed by atoms with Crippen LogP contribution >= 0.6 is 0 Å². The van der Waals surface area contributed by atoms with Gasteiger partial charge < -0.3 is 9.67 Å². The average Bonchev–Trinajstić information content (AvgIpc) is 2.61. The van der Waals surface area contributed by atoms with Crippen molar-refractivity contribution in [3.8, 4) is 11.4 Å². The van der Waals surface area contributed by atoms with Crippen molar-refractivity contribution in [1.82, 2.24) is 4.57 Å². The Kier molecular flexibility index (Phi) is 4.52. The number of pyridine rings is 1. The molecule has 1 aromatic heterocycles. The van der Waals surface area contributed by atoms with E-state index < -0.39 is 0 Å². The monoisotopic (exact) mass is 319 g/mol. The molecule has 3 nitrogen and oxygen atoms in total. The van der Waals surface area contributed by atoms with Crippen LogP contribution in [0.1, 0.15) is 29.7 Å². The molecule has 0 aliphatic heterocycles. The van der Waals surface area contributed by atoms with Crippen LogP contribution in [-0.2, 0) is 6.42 Å². The van der Waals surface area contributed by atoms with Crippen molar-refractivity contribution in [2.45, 2.75) is 26.2 Å². The molecule has 1 N–H and O–H groups in total. The summed E-state index contributed by atoms with van der Waals surface area (Å²) in [6.07, 6.45) is 2.36. The Labute approximate surface area is 141 Å². The Morgan fingerprint density at radius 2 is 1.58 bits per heavy atom. The van der Waals surface area contributed by atoms with Crippen molar-refractivity contribution < 1.29 is 5.11 Å². The standard InChI is InChI=1S/C21H21NO2/c1-15(13-17-9-5-3-6-10-17)20-16(2)21(24)19(23)14-22(20)18-11-7-4-8-12-18/h3-12,14-15,23H,13H2,1-2H3. The summed E-state index contributed by atoms with van der Waals surface area (Å²) in [6.45, 7) is 3.91. The summed E-state index contributed by atoms with van der Waals surface area (Å²) in [5, 5.41) is 10.0. The van der Waals surface area contributed by atoms with Gasteiger partial charge in [-0.1, -0.05) is 55.5 Å². The number of aromatic hydroxyl groups is 1. The molecule has 0 spiro atoms. The lowest BCUT2D eigenvalue weighted by atomic mass is 9.94. The second-order valence-corrected chi connectivity index (χ2v) is 6.15. The minimum atomic E-state index is -0.294. The summed E-state index contributed by atoms with van der Waals surface area (Å²) in [5.41, 5.74) is 3.41. The molecular weight excluding hydrogens is 298 g/mol. The molecule has 0 aliphatic rings. The van der Waals surface area contributed by atoms with Crippen LogP contribution in [0, 0.1) is 6.92 Å². The number of hydrogen-bond donors (Lipinski definition) is 1. The first-order valence-corrected chi connectivity index (χ1v) is 8.12. The molecule has 0 amide bonds. The van der Waals surface area contributed by atoms with E-state index in [0.29, 0.717) is 5.56 Å². The largest absolute Gasteiger partial charge is 0.503 e. The highest BCUT2D eigenvalue weighted by atomic mass is 16.3. The van der Waals surface area contributed by atoms with Crippen molar-refractivity contribution in [3.63, 3.8) is 0 Å². The van der Waals surface area contributed by atoms with Gasteiger partial charge in [0.2, 0.25) is 5.43 Å². The highest BCUT2D eigenvalue weighted by Crippen LogP contribution is 2.26. The maximum absolute atomic E-state index is 12.3. The lowest BCUT2D eigenvalue weighted by molar-refractivity contribution is 0.462. The molecule has 2 aromatic carbocycles. The van der Waals surface area contributed by atoms with Gasteiger partial charge >= 0.3 is 0 Å². The minimum absolute atomic E-state index is 0.140. The predicted octanol–water partition coefficient (Wildman–Crippen LogP) is 4.20. The molecule has 3 aromatic rings. The van der Waals surface area contributed by atoms with Crippen molar-refractivity contribution in [2.75, 3.05) is 0 Å². The van der Waals surface area contributed by atoms with E-state index in [1.165, 1.54) is 11.8 Å². The van der Waals surface area contributed by atoms with Crippen LogP contribution < -0.4 is 5.43 Å². The lowest BCUT2D eigenvalue weighted by Crippen LogP contribution is -2.19. The second-order valence-electron chi connectivity index (χ2n) is 6.15. The van der Waals surface area contributed by atoms with Gasteiger partial charge in [-0.05, 0) is 31.0 Å². The third kappa shape index (κ3) is 3.11. The molecule has 1 atom stereocenters. The first-order valence-electron chi connectivity index (χ1n) is 8.12. The number of rotatable bonds is 4. The van der Waals surface area contributed by atoms with Crippen molar-refractivity contribution >= 4 is 0 Å². The molecular formula is C21H21NO2. The van der Waals surface area contributed by atoms with E-state index in [4.69, 9.17) is 0 Å². The average molecular weight is 319 g/mol. The van der Waals surface area contributed by atoms with Gasteiger partial charge in [-0.25, -0.2) is 0 Å². The Balaban J connectivity index is 2.12. The van der Waals surface area contributed by atoms with E-state index in [2.05, 4.69) is 19.1 Å². The van der Waals surface area contributed by atoms with Gasteiger partial charge in [0.1, 0.15) is 0 Å². The first kappa shape index (κ1) is 16.1. The first-order chi connectivity index (χ1) is 11.6. The molecule has 0 saturated carbocycles. The third-order valence-corrected chi connectivity index (χ3v) is 4.35. The predicted molar refractivity (Wildman–Crippen MR) is 97.0 cm³/mol. The van der Waals surface area contributed by atoms with E-state index in [-0.39, 0.29) is 17.1 Å². The van der Waals surface area contributed by atoms with Crippen LogP contribution in [0.3, 0.4) is 0 Å². The number of nitrogens with zero attached hydrogens (tertiary/aromatic N) is 1. The molecule has 0 saturated heterocycles. The highest BCUT2D eigenvalue weighted by Gasteiger charge is 2.18. The van der Waals surface area contributed by atoms with Gasteiger partial charge in [-0.2, -0.15) is 0 Å². The van der Waals surface area contributed by atoms with Gasteiger partial charge in [0.15, 0.2) is 5.75 Å². The summed E-state index contributed by atoms with van der Waals surface area (Å²) in [5.74, 6) is -0.0760. The van der Waals surface area contributed by atoms with Gasteiger partial charge in [0.25, 0.3) is 0 Å². The molecule has 0 fully saturated rings. The van der Waals surface area contributed by atoms with E-state index in [0.717, 1.165) is 17.8 Å². The Morgan fingerprint density at radius 1 is 1.00 bits per heavy atom. The molecule has 0 aliphatic carbocycles. The summed E-state index contributed by atoms with van der Waals surface area (Å²) >= 11 is 0. The Bertz CT molecular complexity index is 883. The fourth-order valence-electron chi connectivity index (χ4n) is 3.21. The Morgan fingerprint density at radius 3 is 2.21 bits per heavy atom. The molecule has 3 rings (SSSR count). The zero-order chi connectivity index (χ0) is 17.1. The Hall–Kier alpha value is -2.81. The molecule has 0 bridgehead atoms. The summed E-state index contributed by atoms with van der Waals surface area (Å²) < 4.78 is 1.93. The highest BCUT2D eigenvalue weighted by molar-refractivity contribution is 5.41. The lowest BCUT2D eigenvalue weighted by Gasteiger charge is -2.22. The molecule has 24 heavy (non-hydrogen) atoms. The summed E-state index contributed by atoms with van der Waals surface area (Å²) in [6, 6.07) is 20.0. The fourth-order valence-corrected chi connectivity index (χ4v) is 3.21. The summed E-state index contributed by atoms with van der Waals surface area (Å²) in [7, 11) is 0. The van der Waals surface area contributed by atoms with Crippen LogP contribution in [-0.4, -0.2) is 9.67 Å². The summed E-state index contributed by atoms with van der Waals surface area (Å²) in [4.78, 5) is 12.3. The third-order valence-electron chi connectivity index (χ3n) is 4.35. The van der Waals surface area contributed by atoms with Gasteiger partial charge in [-0.15, -0.1) is 0 Å². The number of para-hydroxylation sites is 1. The normalized spacial score (nSPS) is 12.1. The fraction of sp³-hybridized carbons (Fsp3) is 0.190. The van der Waals surface area contributed by atoms with E-state index in [1.54, 1.807) is 6.92 Å². The van der Waals surface area contributed by atoms with Gasteiger partial charge in [-0.3, -0.25) is 4.79 Å². The SMILES string of the molecule is Cc1c(C(C)Cc2ccccc2)n(-c2ccccc2)cc(O)c1=O. The zero-order valence-corrected chi connectivity index (χ0v) is 13.9. The van der Waals surface area contributed by atoms with E-state index in [1.807, 2.05) is 53.1 Å². The van der Waals surface area contributed by atoms with Crippen molar-refractivity contribution in [2.24, 2.45) is 0 Å². The molecule has 0 radical (unpaired) electrons. The van der Waals surface area contributed by atoms with Crippen molar-refractivity contribution in [3.05, 3.63) is 93.9 Å². The minimum Gasteiger partial charge on any atom is -0.503 e. The van der Waals surface area contributed by atoms with Crippen LogP contribution in [0.5, 0.6) is 5.75 Å². The van der Waals surface area contributed by atoms with Gasteiger partial charge in [0.05, 0.1) is 6.20 Å². The van der Waals surface area contributed by atoms with Crippen LogP contribution in [0.15, 0.2) is 71.7 Å². The van der Waals surface area contributed by atoms with Crippen molar-refractivity contribution in [1.29, 1.82) is 0 Å². The number of benzene rings is 2. The van der Waals surface area contributed by atoms with Gasteiger partial charge in [0, 0.05) is 22.9 Å². The molecule has 1 heterocycles. The van der Waals surface area contributed by atoms with E-state index >= 15 is 0 Å². The van der Waals surface area contributed by atoms with Crippen LogP contribution in [0.4, 0.5) is 0 Å².